The minimum atomic E-state index is -0.438. The molecule has 1 saturated carbocycles. The van der Waals surface area contributed by atoms with E-state index < -0.39 is 6.10 Å². The maximum Gasteiger partial charge on any atom is 0.0821 e. The topological polar surface area (TPSA) is 20.2 Å². The first-order valence-electron chi connectivity index (χ1n) is 6.76. The Balaban J connectivity index is 2.20. The molecule has 3 atom stereocenters. The highest BCUT2D eigenvalue weighted by Crippen LogP contribution is 2.41. The van der Waals surface area contributed by atoms with Gasteiger partial charge in [-0.25, -0.2) is 0 Å². The van der Waals surface area contributed by atoms with Gasteiger partial charge in [-0.2, -0.15) is 0 Å². The predicted octanol–water partition coefficient (Wildman–Crippen LogP) is 5.24. The lowest BCUT2D eigenvalue weighted by molar-refractivity contribution is 0.0452. The molecule has 1 aromatic carbocycles. The van der Waals surface area contributed by atoms with Crippen LogP contribution in [0, 0.1) is 11.8 Å². The van der Waals surface area contributed by atoms with Crippen LogP contribution in [0.3, 0.4) is 0 Å². The quantitative estimate of drug-likeness (QED) is 0.805. The Bertz CT molecular complexity index is 385. The fourth-order valence-corrected chi connectivity index (χ4v) is 3.69. The van der Waals surface area contributed by atoms with Crippen LogP contribution in [-0.2, 0) is 0 Å². The van der Waals surface area contributed by atoms with Gasteiger partial charge < -0.3 is 5.11 Å². The first kappa shape index (κ1) is 14.2. The summed E-state index contributed by atoms with van der Waals surface area (Å²) < 4.78 is 0. The highest BCUT2D eigenvalue weighted by Gasteiger charge is 2.30. The lowest BCUT2D eigenvalue weighted by atomic mass is 9.73. The van der Waals surface area contributed by atoms with Crippen LogP contribution < -0.4 is 0 Å². The maximum atomic E-state index is 10.6. The molecule has 1 nitrogen and oxygen atoms in total. The lowest BCUT2D eigenvalue weighted by Crippen LogP contribution is -2.25. The third-order valence-electron chi connectivity index (χ3n) is 4.12. The highest BCUT2D eigenvalue weighted by atomic mass is 35.5. The van der Waals surface area contributed by atoms with E-state index in [-0.39, 0.29) is 0 Å². The van der Waals surface area contributed by atoms with Crippen LogP contribution in [0.1, 0.15) is 50.7 Å². The zero-order valence-electron chi connectivity index (χ0n) is 10.7. The summed E-state index contributed by atoms with van der Waals surface area (Å²) in [6, 6.07) is 5.37. The van der Waals surface area contributed by atoms with E-state index in [0.717, 1.165) is 18.4 Å². The number of benzene rings is 1. The third kappa shape index (κ3) is 3.20. The summed E-state index contributed by atoms with van der Waals surface area (Å²) in [5.74, 6) is 0.963. The summed E-state index contributed by atoms with van der Waals surface area (Å²) in [4.78, 5) is 0. The smallest absolute Gasteiger partial charge is 0.0821 e. The summed E-state index contributed by atoms with van der Waals surface area (Å²) in [5, 5.41) is 11.8. The molecule has 0 bridgehead atoms. The van der Waals surface area contributed by atoms with E-state index in [1.54, 1.807) is 6.07 Å². The summed E-state index contributed by atoms with van der Waals surface area (Å²) in [7, 11) is 0. The molecule has 1 aliphatic carbocycles. The minimum absolute atomic E-state index is 0.346. The molecular formula is C15H20Cl2O. The van der Waals surface area contributed by atoms with E-state index in [9.17, 15) is 5.11 Å². The molecule has 0 aliphatic heterocycles. The molecule has 1 N–H and O–H groups in total. The van der Waals surface area contributed by atoms with Crippen molar-refractivity contribution in [3.63, 3.8) is 0 Å². The number of hydrogen-bond acceptors (Lipinski definition) is 1. The van der Waals surface area contributed by atoms with Gasteiger partial charge in [-0.1, -0.05) is 55.8 Å². The van der Waals surface area contributed by atoms with Gasteiger partial charge >= 0.3 is 0 Å². The van der Waals surface area contributed by atoms with Crippen molar-refractivity contribution in [1.29, 1.82) is 0 Å². The average molecular weight is 287 g/mol. The molecule has 0 heterocycles. The molecule has 0 amide bonds. The van der Waals surface area contributed by atoms with Gasteiger partial charge in [0.15, 0.2) is 0 Å². The molecular weight excluding hydrogens is 267 g/mol. The van der Waals surface area contributed by atoms with Crippen LogP contribution in [0.4, 0.5) is 0 Å². The molecule has 1 aliphatic rings. The third-order valence-corrected chi connectivity index (χ3v) is 4.56. The molecule has 0 radical (unpaired) electrons. The molecule has 0 saturated heterocycles. The number of halogens is 2. The Morgan fingerprint density at radius 2 is 1.78 bits per heavy atom. The fourth-order valence-electron chi connectivity index (χ4n) is 3.15. The average Bonchev–Trinajstić information content (AvgIpc) is 2.36. The molecule has 18 heavy (non-hydrogen) atoms. The molecule has 0 spiro atoms. The van der Waals surface area contributed by atoms with Gasteiger partial charge in [0.1, 0.15) is 0 Å². The second-order valence-electron chi connectivity index (χ2n) is 5.26. The Morgan fingerprint density at radius 3 is 2.39 bits per heavy atom. The second kappa shape index (κ2) is 6.27. The number of hydrogen-bond donors (Lipinski definition) is 1. The molecule has 1 aromatic rings. The largest absolute Gasteiger partial charge is 0.388 e. The highest BCUT2D eigenvalue weighted by molar-refractivity contribution is 6.34. The first-order valence-corrected chi connectivity index (χ1v) is 7.51. The number of aliphatic hydroxyl groups excluding tert-OH is 1. The fraction of sp³-hybridized carbons (Fsp3) is 0.600. The van der Waals surface area contributed by atoms with Crippen LogP contribution in [0.2, 0.25) is 10.0 Å². The first-order chi connectivity index (χ1) is 8.61. The van der Waals surface area contributed by atoms with E-state index in [0.29, 0.717) is 21.9 Å². The Morgan fingerprint density at radius 1 is 1.17 bits per heavy atom. The SMILES string of the molecule is CCC1CCCCC1C(O)c1cc(Cl)cc(Cl)c1. The minimum Gasteiger partial charge on any atom is -0.388 e. The van der Waals surface area contributed by atoms with Gasteiger partial charge in [-0.15, -0.1) is 0 Å². The predicted molar refractivity (Wildman–Crippen MR) is 77.2 cm³/mol. The van der Waals surface area contributed by atoms with Crippen molar-refractivity contribution in [3.05, 3.63) is 33.8 Å². The van der Waals surface area contributed by atoms with Gasteiger partial charge in [0.2, 0.25) is 0 Å². The molecule has 3 unspecified atom stereocenters. The normalized spacial score (nSPS) is 26.0. The summed E-state index contributed by atoms with van der Waals surface area (Å²) in [6.45, 7) is 2.21. The monoisotopic (exact) mass is 286 g/mol. The van der Waals surface area contributed by atoms with E-state index >= 15 is 0 Å². The summed E-state index contributed by atoms with van der Waals surface area (Å²) in [5.41, 5.74) is 0.859. The summed E-state index contributed by atoms with van der Waals surface area (Å²) in [6.07, 6.45) is 5.53. The van der Waals surface area contributed by atoms with E-state index in [1.807, 2.05) is 12.1 Å². The van der Waals surface area contributed by atoms with Gasteiger partial charge in [0, 0.05) is 10.0 Å². The molecule has 1 fully saturated rings. The maximum absolute atomic E-state index is 10.6. The Hall–Kier alpha value is -0.240. The van der Waals surface area contributed by atoms with Crippen LogP contribution in [0.5, 0.6) is 0 Å². The van der Waals surface area contributed by atoms with Gasteiger partial charge in [-0.3, -0.25) is 0 Å². The van der Waals surface area contributed by atoms with Crippen molar-refractivity contribution in [1.82, 2.24) is 0 Å². The molecule has 3 heteroatoms. The van der Waals surface area contributed by atoms with Crippen LogP contribution in [0.25, 0.3) is 0 Å². The number of rotatable bonds is 3. The van der Waals surface area contributed by atoms with Crippen molar-refractivity contribution < 1.29 is 5.11 Å². The van der Waals surface area contributed by atoms with Crippen LogP contribution >= 0.6 is 23.2 Å². The summed E-state index contributed by atoms with van der Waals surface area (Å²) >= 11 is 12.0. The standard InChI is InChI=1S/C15H20Cl2O/c1-2-10-5-3-4-6-14(10)15(18)11-7-12(16)9-13(17)8-11/h7-10,14-15,18H,2-6H2,1H3. The molecule has 100 valence electrons. The van der Waals surface area contributed by atoms with Crippen molar-refractivity contribution in [2.24, 2.45) is 11.8 Å². The zero-order chi connectivity index (χ0) is 13.1. The van der Waals surface area contributed by atoms with Crippen molar-refractivity contribution >= 4 is 23.2 Å². The molecule has 0 aromatic heterocycles. The second-order valence-corrected chi connectivity index (χ2v) is 6.14. The van der Waals surface area contributed by atoms with Crippen molar-refractivity contribution in [3.8, 4) is 0 Å². The molecule has 2 rings (SSSR count). The Labute approximate surface area is 119 Å². The van der Waals surface area contributed by atoms with Crippen LogP contribution in [-0.4, -0.2) is 5.11 Å². The van der Waals surface area contributed by atoms with Crippen LogP contribution in [0.15, 0.2) is 18.2 Å². The zero-order valence-corrected chi connectivity index (χ0v) is 12.2. The van der Waals surface area contributed by atoms with E-state index in [2.05, 4.69) is 6.92 Å². The number of aliphatic hydroxyl groups is 1. The van der Waals surface area contributed by atoms with Gasteiger partial charge in [0.05, 0.1) is 6.10 Å². The van der Waals surface area contributed by atoms with E-state index in [4.69, 9.17) is 23.2 Å². The van der Waals surface area contributed by atoms with Crippen molar-refractivity contribution in [2.75, 3.05) is 0 Å². The van der Waals surface area contributed by atoms with Crippen molar-refractivity contribution in [2.45, 2.75) is 45.1 Å². The lowest BCUT2D eigenvalue weighted by Gasteiger charge is -2.34. The van der Waals surface area contributed by atoms with Gasteiger partial charge in [0.25, 0.3) is 0 Å². The van der Waals surface area contributed by atoms with Gasteiger partial charge in [-0.05, 0) is 42.0 Å². The Kier molecular flexibility index (Phi) is 4.94. The van der Waals surface area contributed by atoms with E-state index in [1.165, 1.54) is 19.3 Å².